The molecule has 1 aliphatic heterocycles. The zero-order valence-electron chi connectivity index (χ0n) is 17.1. The van der Waals surface area contributed by atoms with Crippen LogP contribution in [0.2, 0.25) is 0 Å². The predicted molar refractivity (Wildman–Crippen MR) is 112 cm³/mol. The number of aryl methyl sites for hydroxylation is 1. The topological polar surface area (TPSA) is 61.4 Å². The van der Waals surface area contributed by atoms with Crippen LogP contribution in [0, 0.1) is 24.5 Å². The maximum Gasteiger partial charge on any atom is 0.321 e. The Balaban J connectivity index is 1.43. The van der Waals surface area contributed by atoms with E-state index in [0.717, 1.165) is 30.2 Å². The van der Waals surface area contributed by atoms with Gasteiger partial charge in [0.2, 0.25) is 5.91 Å². The molecule has 3 rings (SSSR count). The zero-order chi connectivity index (χ0) is 21.5. The number of rotatable bonds is 6. The smallest absolute Gasteiger partial charge is 0.321 e. The van der Waals surface area contributed by atoms with Crippen LogP contribution >= 0.6 is 0 Å². The summed E-state index contributed by atoms with van der Waals surface area (Å²) in [6.45, 7) is 3.31. The van der Waals surface area contributed by atoms with E-state index in [1.807, 2.05) is 31.2 Å². The van der Waals surface area contributed by atoms with E-state index in [4.69, 9.17) is 0 Å². The third-order valence-corrected chi connectivity index (χ3v) is 5.35. The van der Waals surface area contributed by atoms with E-state index in [1.54, 1.807) is 4.90 Å². The first-order valence-corrected chi connectivity index (χ1v) is 10.2. The zero-order valence-corrected chi connectivity index (χ0v) is 17.1. The van der Waals surface area contributed by atoms with Gasteiger partial charge in [0.25, 0.3) is 0 Å². The molecule has 0 aliphatic carbocycles. The van der Waals surface area contributed by atoms with Gasteiger partial charge in [-0.25, -0.2) is 13.6 Å². The van der Waals surface area contributed by atoms with Crippen LogP contribution in [0.1, 0.15) is 36.8 Å². The molecule has 160 valence electrons. The molecule has 30 heavy (non-hydrogen) atoms. The monoisotopic (exact) mass is 415 g/mol. The number of amides is 3. The van der Waals surface area contributed by atoms with Gasteiger partial charge in [0.05, 0.1) is 0 Å². The number of piperidine rings is 1. The number of carbonyl (C=O) groups is 2. The first kappa shape index (κ1) is 21.7. The lowest BCUT2D eigenvalue weighted by Gasteiger charge is -2.32. The number of nitrogens with one attached hydrogen (secondary N) is 2. The van der Waals surface area contributed by atoms with Gasteiger partial charge in [-0.3, -0.25) is 4.79 Å². The molecule has 0 aromatic heterocycles. The fraction of sp³-hybridized carbons (Fsp3) is 0.391. The van der Waals surface area contributed by atoms with Gasteiger partial charge >= 0.3 is 6.03 Å². The Labute approximate surface area is 175 Å². The van der Waals surface area contributed by atoms with Crippen molar-refractivity contribution in [3.63, 3.8) is 0 Å². The van der Waals surface area contributed by atoms with Crippen LogP contribution < -0.4 is 10.6 Å². The van der Waals surface area contributed by atoms with Crippen molar-refractivity contribution in [3.05, 3.63) is 65.2 Å². The molecule has 1 heterocycles. The van der Waals surface area contributed by atoms with Crippen LogP contribution in [0.15, 0.2) is 42.5 Å². The molecule has 2 aromatic carbocycles. The molecule has 1 unspecified atom stereocenters. The van der Waals surface area contributed by atoms with Crippen molar-refractivity contribution < 1.29 is 18.4 Å². The van der Waals surface area contributed by atoms with Gasteiger partial charge in [0, 0.05) is 43.4 Å². The second kappa shape index (κ2) is 10.2. The average Bonchev–Trinajstić information content (AvgIpc) is 2.72. The van der Waals surface area contributed by atoms with Crippen molar-refractivity contribution in [1.82, 2.24) is 10.2 Å². The van der Waals surface area contributed by atoms with Crippen molar-refractivity contribution in [2.75, 3.05) is 18.4 Å². The number of nitrogens with zero attached hydrogens (tertiary/aromatic N) is 1. The van der Waals surface area contributed by atoms with Crippen LogP contribution in [-0.2, 0) is 11.3 Å². The summed E-state index contributed by atoms with van der Waals surface area (Å²) in [6.07, 6.45) is 2.83. The fourth-order valence-electron chi connectivity index (χ4n) is 3.69. The summed E-state index contributed by atoms with van der Waals surface area (Å²) < 4.78 is 26.6. The van der Waals surface area contributed by atoms with Gasteiger partial charge in [-0.05, 0) is 55.9 Å². The lowest BCUT2D eigenvalue weighted by atomic mass is 9.93. The number of hydrogen-bond donors (Lipinski definition) is 2. The quantitative estimate of drug-likeness (QED) is 0.724. The molecular formula is C23H27F2N3O2. The Morgan fingerprint density at radius 3 is 2.77 bits per heavy atom. The summed E-state index contributed by atoms with van der Waals surface area (Å²) in [5, 5.41) is 5.61. The van der Waals surface area contributed by atoms with E-state index in [9.17, 15) is 18.4 Å². The predicted octanol–water partition coefficient (Wildman–Crippen LogP) is 4.61. The number of benzene rings is 2. The third kappa shape index (κ3) is 6.27. The maximum atomic E-state index is 13.6. The molecule has 2 aromatic rings. The number of hydrogen-bond acceptors (Lipinski definition) is 2. The molecule has 1 saturated heterocycles. The molecule has 0 bridgehead atoms. The number of halogens is 2. The van der Waals surface area contributed by atoms with Crippen LogP contribution in [0.3, 0.4) is 0 Å². The average molecular weight is 415 g/mol. The molecule has 0 radical (unpaired) electrons. The molecule has 0 spiro atoms. The minimum atomic E-state index is -0.669. The minimum Gasteiger partial charge on any atom is -0.352 e. The summed E-state index contributed by atoms with van der Waals surface area (Å²) in [5.74, 6) is -1.25. The van der Waals surface area contributed by atoms with E-state index >= 15 is 0 Å². The van der Waals surface area contributed by atoms with Crippen LogP contribution in [-0.4, -0.2) is 29.9 Å². The lowest BCUT2D eigenvalue weighted by Crippen LogP contribution is -2.42. The highest BCUT2D eigenvalue weighted by Crippen LogP contribution is 2.22. The number of anilines is 1. The molecular weight excluding hydrogens is 388 g/mol. The Bertz CT molecular complexity index is 904. The number of urea groups is 1. The van der Waals surface area contributed by atoms with Gasteiger partial charge in [0.15, 0.2) is 0 Å². The molecule has 1 aliphatic rings. The van der Waals surface area contributed by atoms with Crippen molar-refractivity contribution in [2.45, 2.75) is 39.2 Å². The van der Waals surface area contributed by atoms with Crippen LogP contribution in [0.5, 0.6) is 0 Å². The molecule has 0 saturated carbocycles. The van der Waals surface area contributed by atoms with Crippen LogP contribution in [0.25, 0.3) is 0 Å². The standard InChI is InChI=1S/C23H27F2N3O2/c1-16-4-2-6-20(12-16)27-23(30)28-11-3-5-17(15-28)7-10-22(29)26-14-18-8-9-19(24)13-21(18)25/h2,4,6,8-9,12-13,17H,3,5,7,10-11,14-15H2,1H3,(H,26,29)(H,27,30). The highest BCUT2D eigenvalue weighted by Gasteiger charge is 2.24. The summed E-state index contributed by atoms with van der Waals surface area (Å²) in [5.41, 5.74) is 2.10. The molecule has 2 N–H and O–H groups in total. The fourth-order valence-corrected chi connectivity index (χ4v) is 3.69. The first-order chi connectivity index (χ1) is 14.4. The van der Waals surface area contributed by atoms with E-state index < -0.39 is 11.6 Å². The van der Waals surface area contributed by atoms with Gasteiger partial charge in [-0.2, -0.15) is 0 Å². The third-order valence-electron chi connectivity index (χ3n) is 5.35. The summed E-state index contributed by atoms with van der Waals surface area (Å²) in [7, 11) is 0. The van der Waals surface area contributed by atoms with Crippen molar-refractivity contribution in [1.29, 1.82) is 0 Å². The maximum absolute atomic E-state index is 13.6. The Hall–Kier alpha value is -2.96. The normalized spacial score (nSPS) is 16.2. The van der Waals surface area contributed by atoms with Gasteiger partial charge in [-0.15, -0.1) is 0 Å². The lowest BCUT2D eigenvalue weighted by molar-refractivity contribution is -0.121. The second-order valence-electron chi connectivity index (χ2n) is 7.81. The molecule has 7 heteroatoms. The number of carbonyl (C=O) groups excluding carboxylic acids is 2. The van der Waals surface area contributed by atoms with E-state index in [2.05, 4.69) is 10.6 Å². The largest absolute Gasteiger partial charge is 0.352 e. The number of likely N-dealkylation sites (tertiary alicyclic amines) is 1. The van der Waals surface area contributed by atoms with Crippen LogP contribution in [0.4, 0.5) is 19.3 Å². The highest BCUT2D eigenvalue weighted by atomic mass is 19.1. The molecule has 1 atom stereocenters. The first-order valence-electron chi connectivity index (χ1n) is 10.2. The van der Waals surface area contributed by atoms with E-state index in [0.29, 0.717) is 25.9 Å². The second-order valence-corrected chi connectivity index (χ2v) is 7.81. The Kier molecular flexibility index (Phi) is 7.38. The molecule has 1 fully saturated rings. The van der Waals surface area contributed by atoms with Gasteiger partial charge in [-0.1, -0.05) is 18.2 Å². The van der Waals surface area contributed by atoms with Crippen molar-refractivity contribution in [2.24, 2.45) is 5.92 Å². The summed E-state index contributed by atoms with van der Waals surface area (Å²) >= 11 is 0. The van der Waals surface area contributed by atoms with Gasteiger partial charge < -0.3 is 15.5 Å². The summed E-state index contributed by atoms with van der Waals surface area (Å²) in [4.78, 5) is 26.5. The summed E-state index contributed by atoms with van der Waals surface area (Å²) in [6, 6.07) is 10.8. The SMILES string of the molecule is Cc1cccc(NC(=O)N2CCCC(CCC(=O)NCc3ccc(F)cc3F)C2)c1. The van der Waals surface area contributed by atoms with Crippen molar-refractivity contribution in [3.8, 4) is 0 Å². The minimum absolute atomic E-state index is 0.0284. The van der Waals surface area contributed by atoms with E-state index in [-0.39, 0.29) is 30.0 Å². The molecule has 5 nitrogen and oxygen atoms in total. The van der Waals surface area contributed by atoms with Gasteiger partial charge in [0.1, 0.15) is 11.6 Å². The van der Waals surface area contributed by atoms with E-state index in [1.165, 1.54) is 12.1 Å². The Morgan fingerprint density at radius 1 is 1.17 bits per heavy atom. The highest BCUT2D eigenvalue weighted by molar-refractivity contribution is 5.89. The molecule has 3 amide bonds. The van der Waals surface area contributed by atoms with Crippen molar-refractivity contribution >= 4 is 17.6 Å². The Morgan fingerprint density at radius 2 is 2.00 bits per heavy atom.